The number of amides is 1. The van der Waals surface area contributed by atoms with Gasteiger partial charge in [-0.3, -0.25) is 4.79 Å². The maximum absolute atomic E-state index is 13.0. The highest BCUT2D eigenvalue weighted by atomic mass is 16.2. The van der Waals surface area contributed by atoms with Gasteiger partial charge in [-0.1, -0.05) is 20.8 Å². The summed E-state index contributed by atoms with van der Waals surface area (Å²) in [6.45, 7) is 9.87. The normalized spacial score (nSPS) is 30.5. The molecule has 2 aliphatic rings. The summed E-state index contributed by atoms with van der Waals surface area (Å²) in [5, 5.41) is 0. The molecule has 2 bridgehead atoms. The lowest BCUT2D eigenvalue weighted by atomic mass is 9.65. The van der Waals surface area contributed by atoms with E-state index in [1.165, 1.54) is 6.42 Å². The van der Waals surface area contributed by atoms with Crippen LogP contribution in [0.15, 0.2) is 18.2 Å². The van der Waals surface area contributed by atoms with Gasteiger partial charge in [-0.15, -0.1) is 0 Å². The Kier molecular flexibility index (Phi) is 3.09. The Morgan fingerprint density at radius 2 is 2.00 bits per heavy atom. The Morgan fingerprint density at radius 3 is 2.67 bits per heavy atom. The molecule has 0 aromatic heterocycles. The average molecular weight is 286 g/mol. The third-order valence-corrected chi connectivity index (χ3v) is 5.16. The molecule has 1 heterocycles. The summed E-state index contributed by atoms with van der Waals surface area (Å²) in [6, 6.07) is 5.99. The van der Waals surface area contributed by atoms with Crippen LogP contribution in [0.4, 0.5) is 5.69 Å². The number of hydrogen-bond donors (Lipinski definition) is 1. The van der Waals surface area contributed by atoms with Crippen molar-refractivity contribution in [3.63, 3.8) is 0 Å². The van der Waals surface area contributed by atoms with E-state index in [0.29, 0.717) is 11.5 Å². The Hall–Kier alpha value is -1.51. The number of fused-ring (bicyclic) bond motifs is 2. The van der Waals surface area contributed by atoms with E-state index in [1.54, 1.807) is 0 Å². The summed E-state index contributed by atoms with van der Waals surface area (Å²) in [6.07, 6.45) is 3.47. The summed E-state index contributed by atoms with van der Waals surface area (Å²) >= 11 is 0. The van der Waals surface area contributed by atoms with E-state index < -0.39 is 0 Å². The number of benzene rings is 1. The van der Waals surface area contributed by atoms with Crippen molar-refractivity contribution in [3.8, 4) is 0 Å². The van der Waals surface area contributed by atoms with Crippen LogP contribution < -0.4 is 5.73 Å². The highest BCUT2D eigenvalue weighted by Crippen LogP contribution is 2.52. The number of carbonyl (C=O) groups excluding carboxylic acids is 1. The fourth-order valence-electron chi connectivity index (χ4n) is 4.78. The zero-order chi connectivity index (χ0) is 15.4. The second-order valence-electron chi connectivity index (χ2n) is 8.22. The maximum atomic E-state index is 13.0. The van der Waals surface area contributed by atoms with E-state index in [-0.39, 0.29) is 11.3 Å². The highest BCUT2D eigenvalue weighted by Gasteiger charge is 2.51. The van der Waals surface area contributed by atoms with E-state index in [1.807, 2.05) is 25.1 Å². The number of likely N-dealkylation sites (tertiary alicyclic amines) is 1. The number of nitrogen functional groups attached to an aromatic ring is 1. The minimum absolute atomic E-state index is 0.180. The molecular weight excluding hydrogens is 260 g/mol. The van der Waals surface area contributed by atoms with Crippen LogP contribution in [0, 0.1) is 17.8 Å². The molecule has 1 saturated carbocycles. The van der Waals surface area contributed by atoms with E-state index >= 15 is 0 Å². The molecule has 0 radical (unpaired) electrons. The van der Waals surface area contributed by atoms with Gasteiger partial charge in [0.05, 0.1) is 0 Å². The number of rotatable bonds is 1. The molecule has 21 heavy (non-hydrogen) atoms. The van der Waals surface area contributed by atoms with Crippen molar-refractivity contribution in [2.45, 2.75) is 53.0 Å². The molecule has 114 valence electrons. The van der Waals surface area contributed by atoms with Crippen LogP contribution >= 0.6 is 0 Å². The van der Waals surface area contributed by atoms with Gasteiger partial charge in [0.25, 0.3) is 5.91 Å². The van der Waals surface area contributed by atoms with Crippen LogP contribution in [-0.2, 0) is 0 Å². The Morgan fingerprint density at radius 1 is 1.29 bits per heavy atom. The van der Waals surface area contributed by atoms with Crippen LogP contribution in [0.5, 0.6) is 0 Å². The molecule has 1 aromatic rings. The molecule has 3 heteroatoms. The molecule has 0 spiro atoms. The Balaban J connectivity index is 1.90. The summed E-state index contributed by atoms with van der Waals surface area (Å²) in [7, 11) is 0. The van der Waals surface area contributed by atoms with Gasteiger partial charge in [0.1, 0.15) is 0 Å². The lowest BCUT2D eigenvalue weighted by Crippen LogP contribution is -2.38. The molecule has 1 saturated heterocycles. The number of nitrogens with two attached hydrogens (primary N) is 1. The standard InChI is InChI=1S/C18H26N2O/c1-12-7-13(19)5-6-15(12)16(21)20-11-18(4)9-14(20)8-17(2,3)10-18/h5-7,14H,8-11,19H2,1-4H3. The van der Waals surface area contributed by atoms with Crippen LogP contribution in [0.2, 0.25) is 0 Å². The number of aryl methyl sites for hydroxylation is 1. The molecule has 2 unspecified atom stereocenters. The lowest BCUT2D eigenvalue weighted by Gasteiger charge is -2.39. The first-order valence-electron chi connectivity index (χ1n) is 7.86. The van der Waals surface area contributed by atoms with E-state index in [4.69, 9.17) is 5.73 Å². The SMILES string of the molecule is Cc1cc(N)ccc1C(=O)N1CC2(C)CC1CC(C)(C)C2. The topological polar surface area (TPSA) is 46.3 Å². The number of anilines is 1. The monoisotopic (exact) mass is 286 g/mol. The predicted molar refractivity (Wildman–Crippen MR) is 86.2 cm³/mol. The molecule has 1 aromatic carbocycles. The zero-order valence-electron chi connectivity index (χ0n) is 13.6. The van der Waals surface area contributed by atoms with Crippen LogP contribution in [0.3, 0.4) is 0 Å². The Labute approximate surface area is 127 Å². The van der Waals surface area contributed by atoms with Crippen molar-refractivity contribution in [2.75, 3.05) is 12.3 Å². The van der Waals surface area contributed by atoms with Crippen molar-refractivity contribution in [3.05, 3.63) is 29.3 Å². The zero-order valence-corrected chi connectivity index (χ0v) is 13.6. The van der Waals surface area contributed by atoms with Crippen molar-refractivity contribution >= 4 is 11.6 Å². The quantitative estimate of drug-likeness (QED) is 0.801. The lowest BCUT2D eigenvalue weighted by molar-refractivity contribution is 0.0707. The van der Waals surface area contributed by atoms with Crippen molar-refractivity contribution in [2.24, 2.45) is 10.8 Å². The van der Waals surface area contributed by atoms with Crippen LogP contribution in [-0.4, -0.2) is 23.4 Å². The minimum atomic E-state index is 0.180. The third kappa shape index (κ3) is 2.54. The first kappa shape index (κ1) is 14.4. The molecule has 2 N–H and O–H groups in total. The van der Waals surface area contributed by atoms with Gasteiger partial charge >= 0.3 is 0 Å². The van der Waals surface area contributed by atoms with E-state index in [9.17, 15) is 4.79 Å². The Bertz CT molecular complexity index is 593. The summed E-state index contributed by atoms with van der Waals surface area (Å²) < 4.78 is 0. The van der Waals surface area contributed by atoms with Gasteiger partial charge in [-0.25, -0.2) is 0 Å². The molecule has 2 atom stereocenters. The fraction of sp³-hybridized carbons (Fsp3) is 0.611. The second-order valence-corrected chi connectivity index (χ2v) is 8.22. The molecule has 1 aliphatic heterocycles. The second kappa shape index (κ2) is 4.49. The van der Waals surface area contributed by atoms with Crippen LogP contribution in [0.1, 0.15) is 56.0 Å². The average Bonchev–Trinajstić information content (AvgIpc) is 2.57. The van der Waals surface area contributed by atoms with E-state index in [2.05, 4.69) is 25.7 Å². The molecule has 1 aliphatic carbocycles. The van der Waals surface area contributed by atoms with Gasteiger partial charge in [0.2, 0.25) is 0 Å². The minimum Gasteiger partial charge on any atom is -0.399 e. The smallest absolute Gasteiger partial charge is 0.254 e. The molecule has 3 rings (SSSR count). The number of hydrogen-bond acceptors (Lipinski definition) is 2. The number of nitrogens with zero attached hydrogens (tertiary/aromatic N) is 1. The van der Waals surface area contributed by atoms with E-state index in [0.717, 1.165) is 36.2 Å². The number of carbonyl (C=O) groups is 1. The summed E-state index contributed by atoms with van der Waals surface area (Å²) in [4.78, 5) is 15.1. The summed E-state index contributed by atoms with van der Waals surface area (Å²) in [5.74, 6) is 0.180. The molecular formula is C18H26N2O. The van der Waals surface area contributed by atoms with Crippen LogP contribution in [0.25, 0.3) is 0 Å². The van der Waals surface area contributed by atoms with Gasteiger partial charge in [0, 0.05) is 23.8 Å². The largest absolute Gasteiger partial charge is 0.399 e. The highest BCUT2D eigenvalue weighted by molar-refractivity contribution is 5.96. The van der Waals surface area contributed by atoms with Crippen molar-refractivity contribution in [1.29, 1.82) is 0 Å². The van der Waals surface area contributed by atoms with Crippen molar-refractivity contribution < 1.29 is 4.79 Å². The first-order chi connectivity index (χ1) is 9.69. The maximum Gasteiger partial charge on any atom is 0.254 e. The first-order valence-corrected chi connectivity index (χ1v) is 7.86. The predicted octanol–water partition coefficient (Wildman–Crippen LogP) is 3.62. The fourth-order valence-corrected chi connectivity index (χ4v) is 4.78. The third-order valence-electron chi connectivity index (χ3n) is 5.16. The summed E-state index contributed by atoms with van der Waals surface area (Å²) in [5.41, 5.74) is 8.92. The molecule has 3 nitrogen and oxygen atoms in total. The van der Waals surface area contributed by atoms with Gasteiger partial charge in [-0.2, -0.15) is 0 Å². The van der Waals surface area contributed by atoms with Gasteiger partial charge in [0.15, 0.2) is 0 Å². The molecule has 2 fully saturated rings. The van der Waals surface area contributed by atoms with Gasteiger partial charge in [-0.05, 0) is 60.8 Å². The van der Waals surface area contributed by atoms with Gasteiger partial charge < -0.3 is 10.6 Å². The molecule has 1 amide bonds. The van der Waals surface area contributed by atoms with Crippen molar-refractivity contribution in [1.82, 2.24) is 4.90 Å².